The molecule has 0 bridgehead atoms. The summed E-state index contributed by atoms with van der Waals surface area (Å²) in [5.74, 6) is -0.565. The third kappa shape index (κ3) is 3.53. The first-order valence-corrected chi connectivity index (χ1v) is 6.74. The van der Waals surface area contributed by atoms with Gasteiger partial charge in [-0.25, -0.2) is 9.48 Å². The lowest BCUT2D eigenvalue weighted by atomic mass is 10.3. The number of nitrogens with two attached hydrogens (primary N) is 1. The fraction of sp³-hybridized carbons (Fsp3) is 0.667. The van der Waals surface area contributed by atoms with Crippen molar-refractivity contribution in [2.24, 2.45) is 5.73 Å². The van der Waals surface area contributed by atoms with E-state index in [9.17, 15) is 9.59 Å². The first-order chi connectivity index (χ1) is 9.65. The zero-order valence-electron chi connectivity index (χ0n) is 11.5. The molecule has 0 spiro atoms. The van der Waals surface area contributed by atoms with E-state index in [1.165, 1.54) is 4.68 Å². The normalized spacial score (nSPS) is 14.1. The van der Waals surface area contributed by atoms with E-state index in [0.717, 1.165) is 12.8 Å². The van der Waals surface area contributed by atoms with Gasteiger partial charge in [0.05, 0.1) is 18.8 Å². The van der Waals surface area contributed by atoms with Crippen LogP contribution in [0.1, 0.15) is 42.4 Å². The number of aryl methyl sites for hydroxylation is 1. The molecule has 1 amide bonds. The molecule has 110 valence electrons. The van der Waals surface area contributed by atoms with E-state index < -0.39 is 5.97 Å². The highest BCUT2D eigenvalue weighted by atomic mass is 16.5. The molecule has 0 aliphatic heterocycles. The largest absolute Gasteiger partial charge is 0.461 e. The minimum absolute atomic E-state index is 0.0244. The third-order valence-electron chi connectivity index (χ3n) is 2.99. The van der Waals surface area contributed by atoms with Crippen molar-refractivity contribution in [1.29, 1.82) is 0 Å². The van der Waals surface area contributed by atoms with Gasteiger partial charge in [-0.2, -0.15) is 0 Å². The topological polar surface area (TPSA) is 112 Å². The second kappa shape index (κ2) is 6.47. The monoisotopic (exact) mass is 281 g/mol. The van der Waals surface area contributed by atoms with Gasteiger partial charge in [-0.3, -0.25) is 4.79 Å². The average molecular weight is 281 g/mol. The van der Waals surface area contributed by atoms with Crippen LogP contribution in [0.15, 0.2) is 0 Å². The van der Waals surface area contributed by atoms with Crippen LogP contribution >= 0.6 is 0 Å². The fourth-order valence-corrected chi connectivity index (χ4v) is 1.81. The quantitative estimate of drug-likeness (QED) is 0.657. The highest BCUT2D eigenvalue weighted by molar-refractivity contribution is 5.88. The van der Waals surface area contributed by atoms with Gasteiger partial charge in [0.1, 0.15) is 0 Å². The van der Waals surface area contributed by atoms with Gasteiger partial charge >= 0.3 is 5.97 Å². The van der Waals surface area contributed by atoms with Crippen LogP contribution in [0.25, 0.3) is 0 Å². The predicted octanol–water partition coefficient (Wildman–Crippen LogP) is -0.418. The summed E-state index contributed by atoms with van der Waals surface area (Å²) >= 11 is 0. The van der Waals surface area contributed by atoms with Crippen molar-refractivity contribution >= 4 is 11.9 Å². The Bertz CT molecular complexity index is 495. The van der Waals surface area contributed by atoms with Gasteiger partial charge < -0.3 is 15.8 Å². The Labute approximate surface area is 116 Å². The molecule has 1 aliphatic carbocycles. The van der Waals surface area contributed by atoms with Crippen LogP contribution in [0.3, 0.4) is 0 Å². The molecule has 0 saturated heterocycles. The van der Waals surface area contributed by atoms with Crippen LogP contribution in [0.5, 0.6) is 0 Å². The third-order valence-corrected chi connectivity index (χ3v) is 2.99. The summed E-state index contributed by atoms with van der Waals surface area (Å²) < 4.78 is 6.37. The Morgan fingerprint density at radius 3 is 2.85 bits per heavy atom. The number of aromatic nitrogens is 3. The maximum absolute atomic E-state index is 11.7. The van der Waals surface area contributed by atoms with Gasteiger partial charge in [0, 0.05) is 19.0 Å². The maximum atomic E-state index is 11.7. The summed E-state index contributed by atoms with van der Waals surface area (Å²) in [6, 6.07) is 0.335. The second-order valence-electron chi connectivity index (χ2n) is 4.62. The second-order valence-corrected chi connectivity index (χ2v) is 4.62. The molecule has 3 N–H and O–H groups in total. The summed E-state index contributed by atoms with van der Waals surface area (Å²) in [7, 11) is 0. The fourth-order valence-electron chi connectivity index (χ4n) is 1.81. The summed E-state index contributed by atoms with van der Waals surface area (Å²) in [4.78, 5) is 23.3. The Hall–Kier alpha value is -1.96. The van der Waals surface area contributed by atoms with E-state index in [1.807, 2.05) is 0 Å². The smallest absolute Gasteiger partial charge is 0.360 e. The molecule has 1 aliphatic rings. The van der Waals surface area contributed by atoms with E-state index in [1.54, 1.807) is 6.92 Å². The molecule has 1 fully saturated rings. The van der Waals surface area contributed by atoms with Crippen LogP contribution in [0.4, 0.5) is 0 Å². The summed E-state index contributed by atoms with van der Waals surface area (Å²) in [5, 5.41) is 10.5. The molecule has 0 radical (unpaired) electrons. The molecule has 8 nitrogen and oxygen atoms in total. The highest BCUT2D eigenvalue weighted by Crippen LogP contribution is 2.18. The van der Waals surface area contributed by atoms with Crippen molar-refractivity contribution in [2.45, 2.75) is 45.3 Å². The lowest BCUT2D eigenvalue weighted by Gasteiger charge is -2.06. The predicted molar refractivity (Wildman–Crippen MR) is 69.7 cm³/mol. The average Bonchev–Trinajstić information content (AvgIpc) is 3.13. The Balaban J connectivity index is 1.96. The van der Waals surface area contributed by atoms with Crippen molar-refractivity contribution < 1.29 is 14.3 Å². The number of carbonyl (C=O) groups excluding carboxylic acids is 2. The summed E-state index contributed by atoms with van der Waals surface area (Å²) in [6.45, 7) is 2.44. The molecule has 0 aromatic carbocycles. The number of ether oxygens (including phenoxy) is 1. The Kier molecular flexibility index (Phi) is 4.67. The molecule has 1 aromatic rings. The van der Waals surface area contributed by atoms with E-state index in [-0.39, 0.29) is 31.2 Å². The molecule has 0 atom stereocenters. The first-order valence-electron chi connectivity index (χ1n) is 6.74. The first kappa shape index (κ1) is 14.4. The van der Waals surface area contributed by atoms with Gasteiger partial charge in [0.2, 0.25) is 5.91 Å². The van der Waals surface area contributed by atoms with E-state index in [2.05, 4.69) is 15.6 Å². The highest BCUT2D eigenvalue weighted by Gasteiger charge is 2.24. The lowest BCUT2D eigenvalue weighted by molar-refractivity contribution is -0.121. The zero-order valence-corrected chi connectivity index (χ0v) is 11.5. The van der Waals surface area contributed by atoms with Crippen LogP contribution in [0, 0.1) is 0 Å². The number of rotatable bonds is 7. The minimum Gasteiger partial charge on any atom is -0.461 e. The SMILES string of the molecule is CCOC(=O)c1nnn(CCC(=O)NC2CC2)c1CN. The molecule has 0 unspecified atom stereocenters. The van der Waals surface area contributed by atoms with Gasteiger partial charge in [-0.15, -0.1) is 5.10 Å². The molecule has 2 rings (SSSR count). The number of esters is 1. The lowest BCUT2D eigenvalue weighted by Crippen LogP contribution is -2.27. The number of nitrogens with one attached hydrogen (secondary N) is 1. The van der Waals surface area contributed by atoms with Crippen molar-refractivity contribution in [3.8, 4) is 0 Å². The number of carbonyl (C=O) groups is 2. The molecule has 1 aromatic heterocycles. The number of nitrogens with zero attached hydrogens (tertiary/aromatic N) is 3. The van der Waals surface area contributed by atoms with Gasteiger partial charge in [0.25, 0.3) is 0 Å². The Morgan fingerprint density at radius 2 is 2.25 bits per heavy atom. The van der Waals surface area contributed by atoms with E-state index in [4.69, 9.17) is 10.5 Å². The number of amides is 1. The van der Waals surface area contributed by atoms with Crippen LogP contribution in [0.2, 0.25) is 0 Å². The maximum Gasteiger partial charge on any atom is 0.360 e. The van der Waals surface area contributed by atoms with Crippen molar-refractivity contribution in [1.82, 2.24) is 20.3 Å². The minimum atomic E-state index is -0.540. The molecule has 1 saturated carbocycles. The van der Waals surface area contributed by atoms with E-state index in [0.29, 0.717) is 18.3 Å². The standard InChI is InChI=1S/C12H19N5O3/c1-2-20-12(19)11-9(7-13)17(16-15-11)6-5-10(18)14-8-3-4-8/h8H,2-7,13H2,1H3,(H,14,18). The Morgan fingerprint density at radius 1 is 1.50 bits per heavy atom. The summed E-state index contributed by atoms with van der Waals surface area (Å²) in [5.41, 5.74) is 6.23. The van der Waals surface area contributed by atoms with Crippen molar-refractivity contribution in [3.05, 3.63) is 11.4 Å². The van der Waals surface area contributed by atoms with Crippen molar-refractivity contribution in [3.63, 3.8) is 0 Å². The van der Waals surface area contributed by atoms with Crippen LogP contribution < -0.4 is 11.1 Å². The summed E-state index contributed by atoms with van der Waals surface area (Å²) in [6.07, 6.45) is 2.39. The molecular weight excluding hydrogens is 262 g/mol. The number of hydrogen-bond acceptors (Lipinski definition) is 6. The van der Waals surface area contributed by atoms with Gasteiger partial charge in [-0.1, -0.05) is 5.21 Å². The molecule has 20 heavy (non-hydrogen) atoms. The van der Waals surface area contributed by atoms with Crippen LogP contribution in [-0.4, -0.2) is 39.5 Å². The van der Waals surface area contributed by atoms with E-state index >= 15 is 0 Å². The van der Waals surface area contributed by atoms with Gasteiger partial charge in [0.15, 0.2) is 5.69 Å². The molecular formula is C12H19N5O3. The van der Waals surface area contributed by atoms with Crippen molar-refractivity contribution in [2.75, 3.05) is 6.61 Å². The van der Waals surface area contributed by atoms with Gasteiger partial charge in [-0.05, 0) is 19.8 Å². The zero-order chi connectivity index (χ0) is 14.5. The number of hydrogen-bond donors (Lipinski definition) is 2. The molecule has 1 heterocycles. The van der Waals surface area contributed by atoms with Crippen LogP contribution in [-0.2, 0) is 22.6 Å². The molecule has 8 heteroatoms.